The van der Waals surface area contributed by atoms with Crippen molar-refractivity contribution in [2.75, 3.05) is 24.6 Å². The van der Waals surface area contributed by atoms with Gasteiger partial charge in [0.25, 0.3) is 15.9 Å². The third-order valence-corrected chi connectivity index (χ3v) is 7.12. The van der Waals surface area contributed by atoms with E-state index in [1.54, 1.807) is 19.2 Å². The summed E-state index contributed by atoms with van der Waals surface area (Å²) in [6.45, 7) is 0.563. The minimum Gasteiger partial charge on any atom is -0.496 e. The zero-order valence-electron chi connectivity index (χ0n) is 17.7. The Balaban J connectivity index is 1.34. The van der Waals surface area contributed by atoms with E-state index in [2.05, 4.69) is 5.32 Å². The molecule has 3 aromatic rings. The van der Waals surface area contributed by atoms with Gasteiger partial charge in [-0.3, -0.25) is 9.10 Å². The van der Waals surface area contributed by atoms with E-state index in [0.717, 1.165) is 16.8 Å². The molecule has 0 saturated heterocycles. The zero-order valence-corrected chi connectivity index (χ0v) is 18.5. The molecule has 4 rings (SSSR count). The predicted molar refractivity (Wildman–Crippen MR) is 121 cm³/mol. The quantitative estimate of drug-likeness (QED) is 0.568. The van der Waals surface area contributed by atoms with Crippen LogP contribution in [0, 0.1) is 0 Å². The molecule has 3 aromatic carbocycles. The van der Waals surface area contributed by atoms with Gasteiger partial charge in [0.2, 0.25) is 0 Å². The molecule has 1 N–H and O–H groups in total. The second-order valence-electron chi connectivity index (χ2n) is 7.30. The Labute approximate surface area is 187 Å². The van der Waals surface area contributed by atoms with Crippen LogP contribution in [0.3, 0.4) is 0 Å². The van der Waals surface area contributed by atoms with Gasteiger partial charge in [0.1, 0.15) is 11.5 Å². The van der Waals surface area contributed by atoms with Crippen LogP contribution in [0.4, 0.5) is 5.69 Å². The third-order valence-electron chi connectivity index (χ3n) is 5.29. The van der Waals surface area contributed by atoms with Crippen molar-refractivity contribution in [2.24, 2.45) is 0 Å². The summed E-state index contributed by atoms with van der Waals surface area (Å²) < 4.78 is 38.3. The van der Waals surface area contributed by atoms with E-state index in [0.29, 0.717) is 31.0 Å². The predicted octanol–water partition coefficient (Wildman–Crippen LogP) is 3.14. The van der Waals surface area contributed by atoms with Crippen molar-refractivity contribution in [3.63, 3.8) is 0 Å². The highest BCUT2D eigenvalue weighted by atomic mass is 32.2. The van der Waals surface area contributed by atoms with Gasteiger partial charge >= 0.3 is 0 Å². The largest absolute Gasteiger partial charge is 0.496 e. The van der Waals surface area contributed by atoms with Crippen molar-refractivity contribution < 1.29 is 22.7 Å². The lowest BCUT2D eigenvalue weighted by Gasteiger charge is -2.19. The Morgan fingerprint density at radius 1 is 1.00 bits per heavy atom. The molecule has 0 unspecified atom stereocenters. The van der Waals surface area contributed by atoms with Gasteiger partial charge in [-0.15, -0.1) is 0 Å². The average Bonchev–Trinajstić information content (AvgIpc) is 3.27. The minimum atomic E-state index is -3.66. The Hall–Kier alpha value is -3.52. The molecular formula is C24H24N2O5S. The summed E-state index contributed by atoms with van der Waals surface area (Å²) >= 11 is 0. The average molecular weight is 453 g/mol. The monoisotopic (exact) mass is 452 g/mol. The number of sulfonamides is 1. The summed E-state index contributed by atoms with van der Waals surface area (Å²) in [7, 11) is -2.08. The fourth-order valence-electron chi connectivity index (χ4n) is 3.64. The molecular weight excluding hydrogens is 428 g/mol. The number of para-hydroxylation sites is 2. The summed E-state index contributed by atoms with van der Waals surface area (Å²) in [5.74, 6) is 0.825. The van der Waals surface area contributed by atoms with Crippen molar-refractivity contribution in [3.8, 4) is 11.5 Å². The molecule has 1 heterocycles. The number of methoxy groups -OCH3 is 1. The van der Waals surface area contributed by atoms with Crippen LogP contribution in [-0.4, -0.2) is 34.6 Å². The summed E-state index contributed by atoms with van der Waals surface area (Å²) in [4.78, 5) is 12.3. The van der Waals surface area contributed by atoms with Crippen LogP contribution in [0.15, 0.2) is 77.7 Å². The molecule has 1 amide bonds. The van der Waals surface area contributed by atoms with Gasteiger partial charge in [-0.1, -0.05) is 36.4 Å². The number of carbonyl (C=O) groups excluding carboxylic acids is 1. The second-order valence-corrected chi connectivity index (χ2v) is 9.17. The van der Waals surface area contributed by atoms with Crippen LogP contribution >= 0.6 is 0 Å². The Bertz CT molecular complexity index is 1210. The summed E-state index contributed by atoms with van der Waals surface area (Å²) in [5.41, 5.74) is 2.61. The number of nitrogens with one attached hydrogen (secondary N) is 1. The van der Waals surface area contributed by atoms with E-state index < -0.39 is 10.0 Å². The molecule has 0 aliphatic carbocycles. The molecule has 1 aliphatic heterocycles. The van der Waals surface area contributed by atoms with E-state index in [9.17, 15) is 13.2 Å². The number of fused-ring (bicyclic) bond motifs is 1. The fourth-order valence-corrected chi connectivity index (χ4v) is 5.14. The molecule has 8 heteroatoms. The lowest BCUT2D eigenvalue weighted by Crippen LogP contribution is -2.29. The Kier molecular flexibility index (Phi) is 6.32. The van der Waals surface area contributed by atoms with E-state index in [1.165, 1.54) is 16.4 Å². The van der Waals surface area contributed by atoms with Crippen LogP contribution < -0.4 is 19.1 Å². The first-order chi connectivity index (χ1) is 15.5. The van der Waals surface area contributed by atoms with Gasteiger partial charge in [0.05, 0.1) is 17.7 Å². The number of nitrogens with zero attached hydrogens (tertiary/aromatic N) is 1. The first-order valence-corrected chi connectivity index (χ1v) is 11.6. The molecule has 0 spiro atoms. The van der Waals surface area contributed by atoms with Crippen molar-refractivity contribution in [3.05, 3.63) is 83.9 Å². The highest BCUT2D eigenvalue weighted by Crippen LogP contribution is 2.33. The lowest BCUT2D eigenvalue weighted by atomic mass is 10.2. The van der Waals surface area contributed by atoms with E-state index in [-0.39, 0.29) is 17.4 Å². The maximum absolute atomic E-state index is 13.1. The van der Waals surface area contributed by atoms with Crippen LogP contribution in [0.2, 0.25) is 0 Å². The number of hydrogen-bond acceptors (Lipinski definition) is 5. The first-order valence-electron chi connectivity index (χ1n) is 10.2. The molecule has 0 aromatic heterocycles. The number of hydrogen-bond donors (Lipinski definition) is 1. The number of ether oxygens (including phenoxy) is 2. The number of anilines is 1. The lowest BCUT2D eigenvalue weighted by molar-refractivity contribution is -0.123. The van der Waals surface area contributed by atoms with E-state index >= 15 is 0 Å². The fraction of sp³-hybridized carbons (Fsp3) is 0.208. The molecule has 0 saturated carbocycles. The van der Waals surface area contributed by atoms with Gasteiger partial charge in [-0.05, 0) is 48.4 Å². The molecule has 1 aliphatic rings. The van der Waals surface area contributed by atoms with Gasteiger partial charge < -0.3 is 14.8 Å². The van der Waals surface area contributed by atoms with E-state index in [4.69, 9.17) is 9.47 Å². The molecule has 0 bridgehead atoms. The molecule has 0 atom stereocenters. The maximum atomic E-state index is 13.1. The van der Waals surface area contributed by atoms with Gasteiger partial charge in [0.15, 0.2) is 6.61 Å². The van der Waals surface area contributed by atoms with Crippen LogP contribution in [-0.2, 0) is 27.8 Å². The SMILES string of the molecule is COc1ccccc1CNC(=O)COc1ccc(S(=O)(=O)N2CCc3ccccc32)cc1. The van der Waals surface area contributed by atoms with Crippen molar-refractivity contribution in [1.29, 1.82) is 0 Å². The number of amides is 1. The van der Waals surface area contributed by atoms with Gasteiger partial charge in [-0.25, -0.2) is 8.42 Å². The Morgan fingerprint density at radius 3 is 2.50 bits per heavy atom. The third kappa shape index (κ3) is 4.55. The molecule has 166 valence electrons. The highest BCUT2D eigenvalue weighted by Gasteiger charge is 2.30. The first kappa shape index (κ1) is 21.7. The second kappa shape index (κ2) is 9.32. The number of rotatable bonds is 8. The van der Waals surface area contributed by atoms with E-state index in [1.807, 2.05) is 48.5 Å². The van der Waals surface area contributed by atoms with Gasteiger partial charge in [0, 0.05) is 18.7 Å². The van der Waals surface area contributed by atoms with Crippen LogP contribution in [0.1, 0.15) is 11.1 Å². The standard InChI is InChI=1S/C24H24N2O5S/c1-30-23-9-5-3-7-19(23)16-25-24(27)17-31-20-10-12-21(13-11-20)32(28,29)26-15-14-18-6-2-4-8-22(18)26/h2-13H,14-17H2,1H3,(H,25,27). The van der Waals surface area contributed by atoms with Crippen molar-refractivity contribution >= 4 is 21.6 Å². The molecule has 7 nitrogen and oxygen atoms in total. The van der Waals surface area contributed by atoms with Crippen molar-refractivity contribution in [2.45, 2.75) is 17.9 Å². The number of benzene rings is 3. The summed E-state index contributed by atoms with van der Waals surface area (Å²) in [5, 5.41) is 2.78. The van der Waals surface area contributed by atoms with Crippen molar-refractivity contribution in [1.82, 2.24) is 5.32 Å². The van der Waals surface area contributed by atoms with Crippen LogP contribution in [0.25, 0.3) is 0 Å². The number of carbonyl (C=O) groups is 1. The maximum Gasteiger partial charge on any atom is 0.264 e. The van der Waals surface area contributed by atoms with Crippen LogP contribution in [0.5, 0.6) is 11.5 Å². The summed E-state index contributed by atoms with van der Waals surface area (Å²) in [6.07, 6.45) is 0.695. The zero-order chi connectivity index (χ0) is 22.6. The topological polar surface area (TPSA) is 84.9 Å². The molecule has 0 radical (unpaired) electrons. The molecule has 0 fully saturated rings. The Morgan fingerprint density at radius 2 is 1.72 bits per heavy atom. The molecule has 32 heavy (non-hydrogen) atoms. The normalized spacial score (nSPS) is 12.8. The van der Waals surface area contributed by atoms with Gasteiger partial charge in [-0.2, -0.15) is 0 Å². The minimum absolute atomic E-state index is 0.180. The summed E-state index contributed by atoms with van der Waals surface area (Å²) in [6, 6.07) is 21.1. The highest BCUT2D eigenvalue weighted by molar-refractivity contribution is 7.92. The smallest absolute Gasteiger partial charge is 0.264 e.